The molecule has 3 N–H and O–H groups in total. The zero-order chi connectivity index (χ0) is 23.3. The summed E-state index contributed by atoms with van der Waals surface area (Å²) in [5.41, 5.74) is 2.20. The molecule has 1 heterocycles. The number of carbonyl (C=O) groups excluding carboxylic acids is 2. The van der Waals surface area contributed by atoms with Crippen LogP contribution in [0.2, 0.25) is 0 Å². The van der Waals surface area contributed by atoms with Crippen molar-refractivity contribution in [2.24, 2.45) is 0 Å². The minimum absolute atomic E-state index is 0.142. The van der Waals surface area contributed by atoms with Gasteiger partial charge in [-0.25, -0.2) is 5.48 Å². The zero-order valence-electron chi connectivity index (χ0n) is 18.9. The summed E-state index contributed by atoms with van der Waals surface area (Å²) in [7, 11) is 0. The molecule has 2 amide bonds. The second kappa shape index (κ2) is 13.6. The number of fused-ring (bicyclic) bond motifs is 1. The highest BCUT2D eigenvalue weighted by Gasteiger charge is 2.14. The molecule has 0 saturated carbocycles. The Hall–Kier alpha value is -2.94. The van der Waals surface area contributed by atoms with Crippen LogP contribution < -0.4 is 15.5 Å². The second-order valence-electron chi connectivity index (χ2n) is 7.99. The molecule has 1 aliphatic heterocycles. The Morgan fingerprint density at radius 2 is 1.88 bits per heavy atom. The maximum Gasteiger partial charge on any atom is 0.250 e. The van der Waals surface area contributed by atoms with E-state index in [0.717, 1.165) is 55.8 Å². The van der Waals surface area contributed by atoms with E-state index in [1.807, 2.05) is 48.5 Å². The van der Waals surface area contributed by atoms with Gasteiger partial charge < -0.3 is 14.8 Å². The van der Waals surface area contributed by atoms with Crippen LogP contribution in [-0.4, -0.2) is 67.9 Å². The van der Waals surface area contributed by atoms with Crippen LogP contribution in [0.1, 0.15) is 25.7 Å². The van der Waals surface area contributed by atoms with E-state index in [2.05, 4.69) is 10.2 Å². The summed E-state index contributed by atoms with van der Waals surface area (Å²) in [6.07, 6.45) is 4.12. The van der Waals surface area contributed by atoms with Crippen LogP contribution in [0.5, 0.6) is 5.75 Å². The summed E-state index contributed by atoms with van der Waals surface area (Å²) in [6.45, 7) is 4.71. The van der Waals surface area contributed by atoms with Gasteiger partial charge in [-0.3, -0.25) is 19.7 Å². The summed E-state index contributed by atoms with van der Waals surface area (Å²) in [5.74, 6) is 0.190. The smallest absolute Gasteiger partial charge is 0.250 e. The molecule has 3 rings (SSSR count). The first-order valence-electron chi connectivity index (χ1n) is 11.5. The van der Waals surface area contributed by atoms with Gasteiger partial charge in [0, 0.05) is 38.0 Å². The monoisotopic (exact) mass is 455 g/mol. The standard InChI is InChI=1S/C25H33N3O5/c29-24(27-31)12-3-1-2-8-21(25(30)26-13-14-28-15-17-32-18-16-28)19-33-23-11-6-9-20-7-4-5-10-22(20)23/h4-11,31H,1-3,12-19H2,(H,26,30)(H,27,29)/b21-8+. The van der Waals surface area contributed by atoms with E-state index in [0.29, 0.717) is 25.0 Å². The fraction of sp³-hybridized carbons (Fsp3) is 0.440. The zero-order valence-corrected chi connectivity index (χ0v) is 18.9. The van der Waals surface area contributed by atoms with Crippen LogP contribution in [-0.2, 0) is 14.3 Å². The van der Waals surface area contributed by atoms with Crippen molar-refractivity contribution in [3.63, 3.8) is 0 Å². The van der Waals surface area contributed by atoms with Crippen molar-refractivity contribution in [3.8, 4) is 5.75 Å². The number of hydrogen-bond acceptors (Lipinski definition) is 6. The fourth-order valence-corrected chi connectivity index (χ4v) is 3.72. The fourth-order valence-electron chi connectivity index (χ4n) is 3.72. The number of nitrogens with zero attached hydrogens (tertiary/aromatic N) is 1. The Bertz CT molecular complexity index is 935. The minimum Gasteiger partial charge on any atom is -0.488 e. The predicted molar refractivity (Wildman–Crippen MR) is 126 cm³/mol. The highest BCUT2D eigenvalue weighted by molar-refractivity contribution is 5.94. The molecule has 0 atom stereocenters. The Morgan fingerprint density at radius 3 is 2.70 bits per heavy atom. The first-order valence-corrected chi connectivity index (χ1v) is 11.5. The van der Waals surface area contributed by atoms with E-state index < -0.39 is 5.91 Å². The van der Waals surface area contributed by atoms with E-state index in [1.54, 1.807) is 5.48 Å². The third-order valence-electron chi connectivity index (χ3n) is 5.62. The Kier molecular flexibility index (Phi) is 10.2. The third kappa shape index (κ3) is 8.16. The number of nitrogens with one attached hydrogen (secondary N) is 2. The molecule has 1 fully saturated rings. The average molecular weight is 456 g/mol. The molecule has 1 aliphatic rings. The average Bonchev–Trinajstić information content (AvgIpc) is 2.86. The topological polar surface area (TPSA) is 100 Å². The van der Waals surface area contributed by atoms with Gasteiger partial charge in [-0.05, 0) is 30.7 Å². The van der Waals surface area contributed by atoms with E-state index in [9.17, 15) is 9.59 Å². The van der Waals surface area contributed by atoms with Crippen LogP contribution in [0.4, 0.5) is 0 Å². The van der Waals surface area contributed by atoms with Gasteiger partial charge >= 0.3 is 0 Å². The van der Waals surface area contributed by atoms with Crippen LogP contribution in [0, 0.1) is 0 Å². The number of allylic oxidation sites excluding steroid dienone is 1. The van der Waals surface area contributed by atoms with Crippen molar-refractivity contribution < 1.29 is 24.3 Å². The number of unbranched alkanes of at least 4 members (excludes halogenated alkanes) is 2. The molecule has 0 aliphatic carbocycles. The van der Waals surface area contributed by atoms with Crippen molar-refractivity contribution in [3.05, 3.63) is 54.1 Å². The van der Waals surface area contributed by atoms with Crippen LogP contribution >= 0.6 is 0 Å². The molecular weight excluding hydrogens is 422 g/mol. The molecule has 2 aromatic rings. The van der Waals surface area contributed by atoms with Crippen molar-refractivity contribution in [2.75, 3.05) is 46.0 Å². The maximum atomic E-state index is 12.9. The molecule has 8 heteroatoms. The lowest BCUT2D eigenvalue weighted by Gasteiger charge is -2.26. The quantitative estimate of drug-likeness (QED) is 0.197. The van der Waals surface area contributed by atoms with Crippen molar-refractivity contribution in [1.29, 1.82) is 0 Å². The third-order valence-corrected chi connectivity index (χ3v) is 5.62. The largest absolute Gasteiger partial charge is 0.488 e. The molecule has 33 heavy (non-hydrogen) atoms. The van der Waals surface area contributed by atoms with E-state index >= 15 is 0 Å². The molecule has 8 nitrogen and oxygen atoms in total. The van der Waals surface area contributed by atoms with Crippen molar-refractivity contribution >= 4 is 22.6 Å². The highest BCUT2D eigenvalue weighted by Crippen LogP contribution is 2.25. The number of rotatable bonds is 12. The van der Waals surface area contributed by atoms with Gasteiger partial charge in [0.25, 0.3) is 0 Å². The lowest BCUT2D eigenvalue weighted by atomic mass is 10.1. The Balaban J connectivity index is 1.57. The number of hydroxylamine groups is 1. The molecule has 178 valence electrons. The predicted octanol–water partition coefficient (Wildman–Crippen LogP) is 2.66. The summed E-state index contributed by atoms with van der Waals surface area (Å²) >= 11 is 0. The number of morpholine rings is 1. The van der Waals surface area contributed by atoms with E-state index in [4.69, 9.17) is 14.7 Å². The molecule has 0 unspecified atom stereocenters. The summed E-state index contributed by atoms with van der Waals surface area (Å²) in [6, 6.07) is 13.9. The molecule has 0 aromatic heterocycles. The highest BCUT2D eigenvalue weighted by atomic mass is 16.5. The van der Waals surface area contributed by atoms with E-state index in [-0.39, 0.29) is 18.9 Å². The van der Waals surface area contributed by atoms with E-state index in [1.165, 1.54) is 0 Å². The first-order chi connectivity index (χ1) is 16.2. The summed E-state index contributed by atoms with van der Waals surface area (Å²) in [5, 5.41) is 13.7. The van der Waals surface area contributed by atoms with Crippen LogP contribution in [0.25, 0.3) is 10.8 Å². The molecule has 0 spiro atoms. The van der Waals surface area contributed by atoms with Crippen LogP contribution in [0.15, 0.2) is 54.1 Å². The molecule has 1 saturated heterocycles. The van der Waals surface area contributed by atoms with Crippen molar-refractivity contribution in [2.45, 2.75) is 25.7 Å². The van der Waals surface area contributed by atoms with Crippen molar-refractivity contribution in [1.82, 2.24) is 15.7 Å². The van der Waals surface area contributed by atoms with Gasteiger partial charge in [0.1, 0.15) is 12.4 Å². The van der Waals surface area contributed by atoms with Gasteiger partial charge in [-0.15, -0.1) is 0 Å². The lowest BCUT2D eigenvalue weighted by Crippen LogP contribution is -2.41. The minimum atomic E-state index is -0.403. The number of amides is 2. The normalized spacial score (nSPS) is 14.8. The van der Waals surface area contributed by atoms with Gasteiger partial charge in [-0.1, -0.05) is 42.5 Å². The number of benzene rings is 2. The van der Waals surface area contributed by atoms with Gasteiger partial charge in [0.15, 0.2) is 0 Å². The first kappa shape index (κ1) is 24.7. The SMILES string of the molecule is O=C(CCCC/C=C(\COc1cccc2ccccc12)C(=O)NCCN1CCOCC1)NO. The second-order valence-corrected chi connectivity index (χ2v) is 7.99. The van der Waals surface area contributed by atoms with Gasteiger partial charge in [-0.2, -0.15) is 0 Å². The van der Waals surface area contributed by atoms with Gasteiger partial charge in [0.2, 0.25) is 11.8 Å². The number of carbonyl (C=O) groups is 2. The Labute approximate surface area is 194 Å². The van der Waals surface area contributed by atoms with Crippen LogP contribution in [0.3, 0.4) is 0 Å². The summed E-state index contributed by atoms with van der Waals surface area (Å²) < 4.78 is 11.4. The number of hydrogen-bond donors (Lipinski definition) is 3. The molecule has 2 aromatic carbocycles. The molecular formula is C25H33N3O5. The number of ether oxygens (including phenoxy) is 2. The maximum absolute atomic E-state index is 12.9. The molecule has 0 radical (unpaired) electrons. The Morgan fingerprint density at radius 1 is 1.09 bits per heavy atom. The lowest BCUT2D eigenvalue weighted by molar-refractivity contribution is -0.129. The molecule has 0 bridgehead atoms. The summed E-state index contributed by atoms with van der Waals surface area (Å²) in [4.78, 5) is 26.3. The van der Waals surface area contributed by atoms with Gasteiger partial charge in [0.05, 0.1) is 18.8 Å².